The highest BCUT2D eigenvalue weighted by molar-refractivity contribution is 5.89. The molecule has 0 unspecified atom stereocenters. The van der Waals surface area contributed by atoms with Gasteiger partial charge in [0.15, 0.2) is 0 Å². The van der Waals surface area contributed by atoms with Gasteiger partial charge in [-0.05, 0) is 54.4 Å². The standard InChI is InChI=1S/C16H24N2O2/c1-16(2,8-9-19)11-17-15(20)18-14-7-6-12-4-3-5-13(12)10-14/h6-7,10,19H,3-5,8-9,11H2,1-2H3,(H2,17,18,20). The van der Waals surface area contributed by atoms with E-state index in [9.17, 15) is 4.79 Å². The van der Waals surface area contributed by atoms with Crippen LogP contribution in [0.5, 0.6) is 0 Å². The summed E-state index contributed by atoms with van der Waals surface area (Å²) in [5.74, 6) is 0. The smallest absolute Gasteiger partial charge is 0.319 e. The number of fused-ring (bicyclic) bond motifs is 1. The zero-order valence-electron chi connectivity index (χ0n) is 12.3. The van der Waals surface area contributed by atoms with E-state index in [0.29, 0.717) is 13.0 Å². The number of nitrogens with one attached hydrogen (secondary N) is 2. The molecule has 3 N–H and O–H groups in total. The van der Waals surface area contributed by atoms with E-state index in [4.69, 9.17) is 5.11 Å². The second kappa shape index (κ2) is 6.27. The van der Waals surface area contributed by atoms with Crippen molar-refractivity contribution < 1.29 is 9.90 Å². The van der Waals surface area contributed by atoms with E-state index in [1.807, 2.05) is 19.9 Å². The molecule has 2 amide bonds. The quantitative estimate of drug-likeness (QED) is 0.774. The van der Waals surface area contributed by atoms with E-state index in [0.717, 1.165) is 18.5 Å². The third kappa shape index (κ3) is 3.97. The van der Waals surface area contributed by atoms with Gasteiger partial charge in [0.1, 0.15) is 0 Å². The minimum Gasteiger partial charge on any atom is -0.396 e. The van der Waals surface area contributed by atoms with Crippen LogP contribution in [0, 0.1) is 5.41 Å². The highest BCUT2D eigenvalue weighted by Gasteiger charge is 2.18. The first kappa shape index (κ1) is 14.9. The number of benzene rings is 1. The van der Waals surface area contributed by atoms with Crippen LogP contribution >= 0.6 is 0 Å². The van der Waals surface area contributed by atoms with Crippen LogP contribution in [0.2, 0.25) is 0 Å². The van der Waals surface area contributed by atoms with Gasteiger partial charge in [-0.15, -0.1) is 0 Å². The molecule has 0 aliphatic heterocycles. The van der Waals surface area contributed by atoms with Crippen LogP contribution in [0.15, 0.2) is 18.2 Å². The molecule has 1 aromatic carbocycles. The molecule has 4 heteroatoms. The first-order chi connectivity index (χ1) is 9.50. The van der Waals surface area contributed by atoms with E-state index in [-0.39, 0.29) is 18.1 Å². The van der Waals surface area contributed by atoms with E-state index in [1.165, 1.54) is 17.5 Å². The molecule has 0 saturated heterocycles. The van der Waals surface area contributed by atoms with Crippen molar-refractivity contribution in [1.82, 2.24) is 5.32 Å². The maximum atomic E-state index is 11.9. The van der Waals surface area contributed by atoms with Crippen molar-refractivity contribution >= 4 is 11.7 Å². The fourth-order valence-corrected chi connectivity index (χ4v) is 2.54. The molecule has 0 fully saturated rings. The Morgan fingerprint density at radius 3 is 2.80 bits per heavy atom. The molecule has 20 heavy (non-hydrogen) atoms. The molecular formula is C16H24N2O2. The number of carbonyl (C=O) groups excluding carboxylic acids is 1. The molecule has 4 nitrogen and oxygen atoms in total. The van der Waals surface area contributed by atoms with E-state index >= 15 is 0 Å². The maximum Gasteiger partial charge on any atom is 0.319 e. The second-order valence-electron chi connectivity index (χ2n) is 6.28. The highest BCUT2D eigenvalue weighted by Crippen LogP contribution is 2.25. The topological polar surface area (TPSA) is 61.4 Å². The Hall–Kier alpha value is -1.55. The lowest BCUT2D eigenvalue weighted by Crippen LogP contribution is -2.37. The Labute approximate surface area is 120 Å². The van der Waals surface area contributed by atoms with Crippen LogP contribution < -0.4 is 10.6 Å². The molecule has 1 aliphatic rings. The van der Waals surface area contributed by atoms with Crippen molar-refractivity contribution in [2.24, 2.45) is 5.41 Å². The number of hydrogen-bond acceptors (Lipinski definition) is 2. The number of hydrogen-bond donors (Lipinski definition) is 3. The van der Waals surface area contributed by atoms with Gasteiger partial charge in [0.25, 0.3) is 0 Å². The maximum absolute atomic E-state index is 11.9. The highest BCUT2D eigenvalue weighted by atomic mass is 16.3. The minimum absolute atomic E-state index is 0.0932. The van der Waals surface area contributed by atoms with Crippen LogP contribution in [-0.2, 0) is 12.8 Å². The fraction of sp³-hybridized carbons (Fsp3) is 0.562. The SMILES string of the molecule is CC(C)(CCO)CNC(=O)Nc1ccc2c(c1)CCC2. The lowest BCUT2D eigenvalue weighted by molar-refractivity contribution is 0.204. The fourth-order valence-electron chi connectivity index (χ4n) is 2.54. The Morgan fingerprint density at radius 1 is 1.30 bits per heavy atom. The molecule has 1 aliphatic carbocycles. The Morgan fingerprint density at radius 2 is 2.05 bits per heavy atom. The van der Waals surface area contributed by atoms with Crippen molar-refractivity contribution in [3.63, 3.8) is 0 Å². The Bertz CT molecular complexity index is 483. The van der Waals surface area contributed by atoms with Crippen molar-refractivity contribution in [2.45, 2.75) is 39.5 Å². The van der Waals surface area contributed by atoms with Gasteiger partial charge in [-0.2, -0.15) is 0 Å². The summed E-state index contributed by atoms with van der Waals surface area (Å²) in [6.07, 6.45) is 4.14. The third-order valence-electron chi connectivity index (χ3n) is 3.87. The molecule has 1 aromatic rings. The summed E-state index contributed by atoms with van der Waals surface area (Å²) in [7, 11) is 0. The van der Waals surface area contributed by atoms with Crippen LogP contribution in [0.3, 0.4) is 0 Å². The van der Waals surface area contributed by atoms with Gasteiger partial charge >= 0.3 is 6.03 Å². The number of carbonyl (C=O) groups is 1. The van der Waals surface area contributed by atoms with Gasteiger partial charge in [0.2, 0.25) is 0 Å². The van der Waals surface area contributed by atoms with Crippen LogP contribution in [-0.4, -0.2) is 24.3 Å². The summed E-state index contributed by atoms with van der Waals surface area (Å²) in [5.41, 5.74) is 3.51. The molecule has 110 valence electrons. The molecule has 0 spiro atoms. The Kier molecular flexibility index (Phi) is 4.65. The summed E-state index contributed by atoms with van der Waals surface area (Å²) in [5, 5.41) is 14.7. The van der Waals surface area contributed by atoms with Crippen molar-refractivity contribution in [2.75, 3.05) is 18.5 Å². The molecule has 0 radical (unpaired) electrons. The molecular weight excluding hydrogens is 252 g/mol. The number of anilines is 1. The zero-order valence-corrected chi connectivity index (χ0v) is 12.3. The van der Waals surface area contributed by atoms with E-state index in [2.05, 4.69) is 22.8 Å². The predicted octanol–water partition coefficient (Wildman–Crippen LogP) is 2.71. The third-order valence-corrected chi connectivity index (χ3v) is 3.87. The molecule has 0 atom stereocenters. The first-order valence-electron chi connectivity index (χ1n) is 7.28. The summed E-state index contributed by atoms with van der Waals surface area (Å²) >= 11 is 0. The normalized spacial score (nSPS) is 13.9. The lowest BCUT2D eigenvalue weighted by atomic mass is 9.90. The summed E-state index contributed by atoms with van der Waals surface area (Å²) in [4.78, 5) is 11.9. The molecule has 2 rings (SSSR count). The summed E-state index contributed by atoms with van der Waals surface area (Å²) < 4.78 is 0. The van der Waals surface area contributed by atoms with E-state index < -0.39 is 0 Å². The van der Waals surface area contributed by atoms with Gasteiger partial charge in [0.05, 0.1) is 0 Å². The monoisotopic (exact) mass is 276 g/mol. The van der Waals surface area contributed by atoms with Crippen LogP contribution in [0.1, 0.15) is 37.8 Å². The number of aliphatic hydroxyl groups is 1. The van der Waals surface area contributed by atoms with Crippen molar-refractivity contribution in [1.29, 1.82) is 0 Å². The molecule has 0 saturated carbocycles. The van der Waals surface area contributed by atoms with Gasteiger partial charge in [-0.3, -0.25) is 0 Å². The lowest BCUT2D eigenvalue weighted by Gasteiger charge is -2.23. The summed E-state index contributed by atoms with van der Waals surface area (Å²) in [6.45, 7) is 4.74. The van der Waals surface area contributed by atoms with Gasteiger partial charge < -0.3 is 15.7 Å². The second-order valence-corrected chi connectivity index (χ2v) is 6.28. The first-order valence-corrected chi connectivity index (χ1v) is 7.28. The van der Waals surface area contributed by atoms with Gasteiger partial charge in [0, 0.05) is 18.8 Å². The Balaban J connectivity index is 1.85. The molecule has 0 heterocycles. The number of amides is 2. The van der Waals surface area contributed by atoms with Gasteiger partial charge in [-0.1, -0.05) is 19.9 Å². The van der Waals surface area contributed by atoms with Crippen LogP contribution in [0.4, 0.5) is 10.5 Å². The van der Waals surface area contributed by atoms with Crippen molar-refractivity contribution in [3.8, 4) is 0 Å². The number of urea groups is 1. The molecule has 0 bridgehead atoms. The largest absolute Gasteiger partial charge is 0.396 e. The molecule has 0 aromatic heterocycles. The average molecular weight is 276 g/mol. The predicted molar refractivity (Wildman–Crippen MR) is 81.0 cm³/mol. The van der Waals surface area contributed by atoms with Crippen molar-refractivity contribution in [3.05, 3.63) is 29.3 Å². The van der Waals surface area contributed by atoms with Gasteiger partial charge in [-0.25, -0.2) is 4.79 Å². The summed E-state index contributed by atoms with van der Waals surface area (Å²) in [6, 6.07) is 5.95. The minimum atomic E-state index is -0.186. The average Bonchev–Trinajstić information content (AvgIpc) is 2.84. The number of aryl methyl sites for hydroxylation is 2. The van der Waals surface area contributed by atoms with Crippen LogP contribution in [0.25, 0.3) is 0 Å². The van der Waals surface area contributed by atoms with E-state index in [1.54, 1.807) is 0 Å². The number of rotatable bonds is 5. The zero-order chi connectivity index (χ0) is 14.6. The number of aliphatic hydroxyl groups excluding tert-OH is 1.